The van der Waals surface area contributed by atoms with Crippen LogP contribution in [-0.4, -0.2) is 44.8 Å². The van der Waals surface area contributed by atoms with Gasteiger partial charge < -0.3 is 19.7 Å². The Kier molecular flexibility index (Phi) is 6.27. The van der Waals surface area contributed by atoms with Gasteiger partial charge in [-0.05, 0) is 19.1 Å². The maximum atomic E-state index is 15.4. The summed E-state index contributed by atoms with van der Waals surface area (Å²) in [6.07, 6.45) is -1.88. The molecule has 2 aromatic heterocycles. The monoisotopic (exact) mass is 469 g/mol. The lowest BCUT2D eigenvalue weighted by molar-refractivity contribution is -0.190. The first-order valence-electron chi connectivity index (χ1n) is 9.85. The Balaban J connectivity index is 1.52. The average molecular weight is 469 g/mol. The molecule has 1 aromatic carbocycles. The van der Waals surface area contributed by atoms with E-state index in [0.717, 1.165) is 0 Å². The third-order valence-electron chi connectivity index (χ3n) is 4.93. The SMILES string of the molecule is CCOc1nc(N)nc2c1ncn2[C@@H]1O[C@](F)(CO[PH](=O)Oc2ccccc2)[C@@H](F)[C@@H]1C. The fourth-order valence-corrected chi connectivity index (χ4v) is 4.14. The smallest absolute Gasteiger partial charge is 0.368 e. The number of nitrogens with two attached hydrogens (primary N) is 1. The summed E-state index contributed by atoms with van der Waals surface area (Å²) in [5.74, 6) is -3.46. The Hall–Kier alpha value is -2.82. The van der Waals surface area contributed by atoms with Crippen molar-refractivity contribution in [2.45, 2.75) is 32.1 Å². The van der Waals surface area contributed by atoms with E-state index in [1.54, 1.807) is 37.3 Å². The van der Waals surface area contributed by atoms with Crippen molar-refractivity contribution in [3.8, 4) is 11.6 Å². The molecule has 3 aromatic rings. The molecule has 1 aliphatic heterocycles. The van der Waals surface area contributed by atoms with Crippen LogP contribution in [0.15, 0.2) is 36.7 Å². The molecule has 0 radical (unpaired) electrons. The van der Waals surface area contributed by atoms with E-state index in [-0.39, 0.29) is 28.7 Å². The van der Waals surface area contributed by atoms with Crippen molar-refractivity contribution >= 4 is 25.4 Å². The van der Waals surface area contributed by atoms with Gasteiger partial charge in [0.15, 0.2) is 17.3 Å². The third-order valence-corrected chi connectivity index (χ3v) is 5.72. The lowest BCUT2D eigenvalue weighted by Crippen LogP contribution is -2.37. The number of alkyl halides is 2. The van der Waals surface area contributed by atoms with Gasteiger partial charge in [0.05, 0.1) is 12.9 Å². The molecule has 13 heteroatoms. The Morgan fingerprint density at radius 1 is 1.31 bits per heavy atom. The summed E-state index contributed by atoms with van der Waals surface area (Å²) in [5.41, 5.74) is 6.23. The Bertz CT molecular complexity index is 1120. The van der Waals surface area contributed by atoms with Crippen LogP contribution in [-0.2, 0) is 13.8 Å². The van der Waals surface area contributed by atoms with E-state index in [0.29, 0.717) is 6.61 Å². The number of anilines is 1. The second-order valence-electron chi connectivity index (χ2n) is 7.15. The number of benzene rings is 1. The predicted molar refractivity (Wildman–Crippen MR) is 111 cm³/mol. The van der Waals surface area contributed by atoms with Crippen LogP contribution >= 0.6 is 8.25 Å². The van der Waals surface area contributed by atoms with Gasteiger partial charge in [-0.2, -0.15) is 9.97 Å². The summed E-state index contributed by atoms with van der Waals surface area (Å²) < 4.78 is 64.6. The highest BCUT2D eigenvalue weighted by Gasteiger charge is 2.56. The van der Waals surface area contributed by atoms with E-state index in [2.05, 4.69) is 15.0 Å². The van der Waals surface area contributed by atoms with Gasteiger partial charge in [0.1, 0.15) is 18.6 Å². The van der Waals surface area contributed by atoms with Gasteiger partial charge in [-0.1, -0.05) is 25.1 Å². The molecule has 3 heterocycles. The van der Waals surface area contributed by atoms with Crippen LogP contribution in [0.3, 0.4) is 0 Å². The fourth-order valence-electron chi connectivity index (χ4n) is 3.44. The molecule has 0 amide bonds. The number of para-hydroxylation sites is 1. The summed E-state index contributed by atoms with van der Waals surface area (Å²) in [7, 11) is -3.14. The minimum Gasteiger partial charge on any atom is -0.476 e. The number of nitrogens with zero attached hydrogens (tertiary/aromatic N) is 4. The van der Waals surface area contributed by atoms with Crippen molar-refractivity contribution in [1.29, 1.82) is 0 Å². The highest BCUT2D eigenvalue weighted by molar-refractivity contribution is 7.33. The molecule has 0 aliphatic carbocycles. The van der Waals surface area contributed by atoms with Crippen molar-refractivity contribution in [1.82, 2.24) is 19.5 Å². The molecule has 1 saturated heterocycles. The van der Waals surface area contributed by atoms with Crippen LogP contribution in [0.1, 0.15) is 20.1 Å². The minimum absolute atomic E-state index is 0.0864. The number of ether oxygens (including phenoxy) is 2. The van der Waals surface area contributed by atoms with Crippen molar-refractivity contribution in [2.24, 2.45) is 5.92 Å². The molecule has 1 unspecified atom stereocenters. The number of rotatable bonds is 8. The van der Waals surface area contributed by atoms with E-state index >= 15 is 4.39 Å². The molecule has 5 atom stereocenters. The first kappa shape index (κ1) is 22.4. The van der Waals surface area contributed by atoms with E-state index < -0.39 is 39.0 Å². The molecule has 1 fully saturated rings. The molecule has 0 saturated carbocycles. The normalized spacial score (nSPS) is 26.3. The first-order chi connectivity index (χ1) is 15.3. The standard InChI is InChI=1S/C19H22F2N5O5P/c1-3-28-16-13-15(24-18(22)25-16)26(10-23-13)17-11(2)14(20)19(21,30-17)9-29-32(27)31-12-7-5-4-6-8-12/h4-8,10-11,14,17,32H,3,9H2,1-2H3,(H2,22,24,25)/t11-,14-,17+,19+/m0/s1. The summed E-state index contributed by atoms with van der Waals surface area (Å²) in [6, 6.07) is 8.22. The lowest BCUT2D eigenvalue weighted by atomic mass is 10.0. The number of imidazole rings is 1. The summed E-state index contributed by atoms with van der Waals surface area (Å²) in [6.45, 7) is 2.63. The molecule has 172 valence electrons. The number of halogens is 2. The van der Waals surface area contributed by atoms with Gasteiger partial charge in [0.25, 0.3) is 5.85 Å². The molecule has 0 spiro atoms. The molecule has 32 heavy (non-hydrogen) atoms. The largest absolute Gasteiger partial charge is 0.476 e. The fraction of sp³-hybridized carbons (Fsp3) is 0.421. The minimum atomic E-state index is -3.14. The molecule has 10 nitrogen and oxygen atoms in total. The molecule has 1 aliphatic rings. The zero-order chi connectivity index (χ0) is 22.9. The van der Waals surface area contributed by atoms with E-state index in [1.807, 2.05) is 0 Å². The number of aromatic nitrogens is 4. The van der Waals surface area contributed by atoms with Crippen LogP contribution in [0.5, 0.6) is 11.6 Å². The van der Waals surface area contributed by atoms with Gasteiger partial charge >= 0.3 is 8.25 Å². The van der Waals surface area contributed by atoms with Gasteiger partial charge in [-0.25, -0.2) is 18.3 Å². The van der Waals surface area contributed by atoms with Crippen molar-refractivity contribution in [3.63, 3.8) is 0 Å². The van der Waals surface area contributed by atoms with Gasteiger partial charge in [-0.3, -0.25) is 9.09 Å². The van der Waals surface area contributed by atoms with E-state index in [4.69, 9.17) is 24.3 Å². The topological polar surface area (TPSA) is 124 Å². The van der Waals surface area contributed by atoms with Crippen molar-refractivity contribution in [3.05, 3.63) is 36.7 Å². The average Bonchev–Trinajstić information content (AvgIpc) is 3.28. The van der Waals surface area contributed by atoms with Gasteiger partial charge in [0, 0.05) is 5.92 Å². The molecular formula is C19H22F2N5O5P. The molecule has 0 bridgehead atoms. The molecule has 2 N–H and O–H groups in total. The van der Waals surface area contributed by atoms with E-state index in [1.165, 1.54) is 17.8 Å². The zero-order valence-electron chi connectivity index (χ0n) is 17.3. The van der Waals surface area contributed by atoms with Gasteiger partial charge in [-0.15, -0.1) is 0 Å². The van der Waals surface area contributed by atoms with Crippen LogP contribution in [0.25, 0.3) is 11.2 Å². The Labute approximate surface area is 182 Å². The second kappa shape index (κ2) is 8.97. The molecular weight excluding hydrogens is 447 g/mol. The number of fused-ring (bicyclic) bond motifs is 1. The number of hydrogen-bond donors (Lipinski definition) is 1. The highest BCUT2D eigenvalue weighted by atomic mass is 31.1. The third kappa shape index (κ3) is 4.25. The van der Waals surface area contributed by atoms with E-state index in [9.17, 15) is 8.96 Å². The Morgan fingerprint density at radius 2 is 2.06 bits per heavy atom. The van der Waals surface area contributed by atoms with Crippen LogP contribution in [0.4, 0.5) is 14.7 Å². The number of nitrogen functional groups attached to an aromatic ring is 1. The predicted octanol–water partition coefficient (Wildman–Crippen LogP) is 3.46. The lowest BCUT2D eigenvalue weighted by Gasteiger charge is -2.22. The maximum Gasteiger partial charge on any atom is 0.368 e. The summed E-state index contributed by atoms with van der Waals surface area (Å²) in [4.78, 5) is 12.3. The number of hydrogen-bond acceptors (Lipinski definition) is 9. The van der Waals surface area contributed by atoms with Crippen LogP contribution < -0.4 is 15.0 Å². The Morgan fingerprint density at radius 3 is 2.78 bits per heavy atom. The quantitative estimate of drug-likeness (QED) is 0.494. The summed E-state index contributed by atoms with van der Waals surface area (Å²) in [5, 5.41) is 0. The first-order valence-corrected chi connectivity index (χ1v) is 11.1. The summed E-state index contributed by atoms with van der Waals surface area (Å²) >= 11 is 0. The van der Waals surface area contributed by atoms with Crippen LogP contribution in [0, 0.1) is 5.92 Å². The maximum absolute atomic E-state index is 15.4. The highest BCUT2D eigenvalue weighted by Crippen LogP contribution is 2.46. The van der Waals surface area contributed by atoms with Crippen LogP contribution in [0.2, 0.25) is 0 Å². The van der Waals surface area contributed by atoms with Crippen molar-refractivity contribution < 1.29 is 31.9 Å². The molecule has 4 rings (SSSR count). The second-order valence-corrected chi connectivity index (χ2v) is 8.15. The van der Waals surface area contributed by atoms with Gasteiger partial charge in [0.2, 0.25) is 11.8 Å². The van der Waals surface area contributed by atoms with Crippen molar-refractivity contribution in [2.75, 3.05) is 18.9 Å². The zero-order valence-corrected chi connectivity index (χ0v) is 18.3.